The van der Waals surface area contributed by atoms with Gasteiger partial charge in [0.25, 0.3) is 0 Å². The van der Waals surface area contributed by atoms with Crippen LogP contribution in [-0.4, -0.2) is 27.3 Å². The summed E-state index contributed by atoms with van der Waals surface area (Å²) in [6.45, 7) is 8.08. The summed E-state index contributed by atoms with van der Waals surface area (Å²) >= 11 is 7.54. The summed E-state index contributed by atoms with van der Waals surface area (Å²) in [6, 6.07) is 8.30. The molecule has 6 nitrogen and oxygen atoms in total. The molecule has 0 unspecified atom stereocenters. The van der Waals surface area contributed by atoms with Gasteiger partial charge in [0.2, 0.25) is 0 Å². The van der Waals surface area contributed by atoms with E-state index in [9.17, 15) is 24.9 Å². The molecule has 0 aromatic heterocycles. The topological polar surface area (TPSA) is 104 Å². The number of esters is 1. The summed E-state index contributed by atoms with van der Waals surface area (Å²) in [5, 5.41) is 33.0. The van der Waals surface area contributed by atoms with E-state index in [0.29, 0.717) is 68.0 Å². The Labute approximate surface area is 258 Å². The smallest absolute Gasteiger partial charge is 0.340 e. The lowest BCUT2D eigenvalue weighted by Crippen LogP contribution is -2.33. The van der Waals surface area contributed by atoms with Crippen LogP contribution >= 0.6 is 31.9 Å². The van der Waals surface area contributed by atoms with Gasteiger partial charge in [0.1, 0.15) is 11.5 Å². The third-order valence-corrected chi connectivity index (χ3v) is 9.54. The molecule has 4 rings (SSSR count). The van der Waals surface area contributed by atoms with Crippen molar-refractivity contribution in [3.05, 3.63) is 89.3 Å². The van der Waals surface area contributed by atoms with E-state index in [4.69, 9.17) is 4.74 Å². The number of fused-ring (bicyclic) bond motifs is 1. The molecule has 218 valence electrons. The fourth-order valence-corrected chi connectivity index (χ4v) is 7.53. The van der Waals surface area contributed by atoms with Crippen molar-refractivity contribution in [1.29, 1.82) is 0 Å². The number of hydrogen-bond donors (Lipinski definition) is 3. The molecule has 0 bridgehead atoms. The summed E-state index contributed by atoms with van der Waals surface area (Å²) in [5.74, 6) is -1.43. The van der Waals surface area contributed by atoms with Gasteiger partial charge in [-0.3, -0.25) is 0 Å². The van der Waals surface area contributed by atoms with Crippen LogP contribution in [0.3, 0.4) is 0 Å². The van der Waals surface area contributed by atoms with Crippen molar-refractivity contribution in [3.8, 4) is 11.5 Å². The van der Waals surface area contributed by atoms with Gasteiger partial charge < -0.3 is 20.1 Å². The molecule has 1 heterocycles. The van der Waals surface area contributed by atoms with E-state index in [2.05, 4.69) is 31.9 Å². The zero-order valence-corrected chi connectivity index (χ0v) is 27.0. The Morgan fingerprint density at radius 1 is 0.805 bits per heavy atom. The minimum absolute atomic E-state index is 0.0449. The second kappa shape index (κ2) is 12.6. The van der Waals surface area contributed by atoms with Gasteiger partial charge in [-0.05, 0) is 92.9 Å². The average molecular weight is 688 g/mol. The van der Waals surface area contributed by atoms with Crippen LogP contribution < -0.4 is 0 Å². The van der Waals surface area contributed by atoms with E-state index in [1.807, 2.05) is 39.8 Å². The van der Waals surface area contributed by atoms with Gasteiger partial charge in [-0.2, -0.15) is 0 Å². The number of carbonyl (C=O) groups is 2. The number of cyclic esters (lactones) is 1. The fraction of sp³-hybridized carbons (Fsp3) is 0.394. The zero-order chi connectivity index (χ0) is 30.1. The highest BCUT2D eigenvalue weighted by molar-refractivity contribution is 9.11. The normalized spacial score (nSPS) is 13.8. The Kier molecular flexibility index (Phi) is 9.54. The van der Waals surface area contributed by atoms with E-state index in [-0.39, 0.29) is 28.2 Å². The third-order valence-electron chi connectivity index (χ3n) is 7.73. The maximum atomic E-state index is 13.7. The van der Waals surface area contributed by atoms with Gasteiger partial charge in [-0.25, -0.2) is 9.59 Å². The van der Waals surface area contributed by atoms with Gasteiger partial charge >= 0.3 is 11.9 Å². The van der Waals surface area contributed by atoms with Crippen LogP contribution in [0.15, 0.2) is 39.3 Å². The number of ether oxygens (including phenoxy) is 1. The Bertz CT molecular complexity index is 1440. The van der Waals surface area contributed by atoms with Gasteiger partial charge in [-0.15, -0.1) is 0 Å². The minimum atomic E-state index is -1.67. The predicted molar refractivity (Wildman–Crippen MR) is 166 cm³/mol. The van der Waals surface area contributed by atoms with E-state index >= 15 is 0 Å². The number of carboxylic acid groups (broad SMARTS) is 1. The number of aromatic carboxylic acids is 1. The minimum Gasteiger partial charge on any atom is -0.507 e. The lowest BCUT2D eigenvalue weighted by molar-refractivity contribution is 0.0240. The number of rotatable bonds is 11. The van der Waals surface area contributed by atoms with Crippen LogP contribution in [0.1, 0.15) is 113 Å². The number of phenolic OH excluding ortho intramolecular Hbond substituents is 2. The molecule has 0 saturated carbocycles. The summed E-state index contributed by atoms with van der Waals surface area (Å²) in [4.78, 5) is 26.4. The first-order valence-electron chi connectivity index (χ1n) is 14.3. The Hall–Kier alpha value is -2.84. The van der Waals surface area contributed by atoms with E-state index in [1.54, 1.807) is 12.1 Å². The average Bonchev–Trinajstić information content (AvgIpc) is 3.25. The van der Waals surface area contributed by atoms with Crippen LogP contribution in [0.25, 0.3) is 0 Å². The Morgan fingerprint density at radius 3 is 1.68 bits per heavy atom. The maximum absolute atomic E-state index is 13.7. The fourth-order valence-electron chi connectivity index (χ4n) is 5.97. The van der Waals surface area contributed by atoms with E-state index in [1.165, 1.54) is 6.07 Å². The highest BCUT2D eigenvalue weighted by atomic mass is 79.9. The molecule has 8 heteroatoms. The monoisotopic (exact) mass is 686 g/mol. The van der Waals surface area contributed by atoms with Crippen LogP contribution in [0.4, 0.5) is 0 Å². The summed E-state index contributed by atoms with van der Waals surface area (Å²) in [7, 11) is 0. The van der Waals surface area contributed by atoms with Crippen molar-refractivity contribution >= 4 is 43.8 Å². The molecule has 1 aliphatic heterocycles. The molecule has 0 fully saturated rings. The van der Waals surface area contributed by atoms with Crippen LogP contribution in [0, 0.1) is 0 Å². The number of hydrogen-bond acceptors (Lipinski definition) is 5. The summed E-state index contributed by atoms with van der Waals surface area (Å²) in [5.41, 5.74) is 2.54. The zero-order valence-electron chi connectivity index (χ0n) is 23.9. The van der Waals surface area contributed by atoms with Crippen LogP contribution in [0.5, 0.6) is 11.5 Å². The van der Waals surface area contributed by atoms with Crippen molar-refractivity contribution in [1.82, 2.24) is 0 Å². The molecule has 0 radical (unpaired) electrons. The number of phenols is 2. The van der Waals surface area contributed by atoms with Crippen molar-refractivity contribution in [2.24, 2.45) is 0 Å². The van der Waals surface area contributed by atoms with Crippen molar-refractivity contribution in [2.45, 2.75) is 84.7 Å². The molecular weight excluding hydrogens is 652 g/mol. The lowest BCUT2D eigenvalue weighted by atomic mass is 9.75. The molecule has 0 saturated heterocycles. The number of carbonyl (C=O) groups excluding carboxylic acids is 1. The van der Waals surface area contributed by atoms with Crippen LogP contribution in [-0.2, 0) is 36.0 Å². The molecular formula is C33H36Br2O6. The first-order chi connectivity index (χ1) is 19.6. The van der Waals surface area contributed by atoms with E-state index in [0.717, 1.165) is 25.7 Å². The number of carboxylic acids is 1. The second-order valence-electron chi connectivity index (χ2n) is 10.6. The highest BCUT2D eigenvalue weighted by Crippen LogP contribution is 2.55. The quantitative estimate of drug-likeness (QED) is 0.175. The largest absolute Gasteiger partial charge is 0.507 e. The predicted octanol–water partition coefficient (Wildman–Crippen LogP) is 8.59. The standard InChI is InChI=1S/C33H36Br2O6/c1-5-10-18-16-24(27(34)22(12-7-3)29(18)36)33(26-20(31(38)39)14-9-15-21(26)32(40)41-33)25-17-19(11-6-2)30(37)23(13-8-4)28(25)35/h9,14-17,36-37H,5-8,10-13H2,1-4H3,(H,38,39). The van der Waals surface area contributed by atoms with E-state index < -0.39 is 17.5 Å². The van der Waals surface area contributed by atoms with Gasteiger partial charge in [-0.1, -0.05) is 59.4 Å². The third kappa shape index (κ3) is 5.18. The molecule has 3 aromatic carbocycles. The van der Waals surface area contributed by atoms with Crippen molar-refractivity contribution in [3.63, 3.8) is 0 Å². The molecule has 0 aliphatic carbocycles. The molecule has 3 N–H and O–H groups in total. The molecule has 1 aliphatic rings. The van der Waals surface area contributed by atoms with Crippen LogP contribution in [0.2, 0.25) is 0 Å². The number of aromatic hydroxyl groups is 2. The SMILES string of the molecule is CCCc1cc(C2(c3cc(CCC)c(O)c(CCC)c3Br)OC(=O)c3cccc(C(=O)O)c32)c(Br)c(CCC)c1O. The summed E-state index contributed by atoms with van der Waals surface area (Å²) < 4.78 is 7.55. The lowest BCUT2D eigenvalue weighted by Gasteiger charge is -2.35. The van der Waals surface area contributed by atoms with Gasteiger partial charge in [0, 0.05) is 36.8 Å². The first kappa shape index (κ1) is 31.1. The Morgan fingerprint density at radius 2 is 1.27 bits per heavy atom. The number of aryl methyl sites for hydroxylation is 2. The molecule has 0 amide bonds. The summed E-state index contributed by atoms with van der Waals surface area (Å²) in [6.07, 6.45) is 5.35. The first-order valence-corrected chi connectivity index (χ1v) is 15.8. The molecule has 41 heavy (non-hydrogen) atoms. The second-order valence-corrected chi connectivity index (χ2v) is 12.1. The van der Waals surface area contributed by atoms with Gasteiger partial charge in [0.15, 0.2) is 5.60 Å². The molecule has 0 spiro atoms. The van der Waals surface area contributed by atoms with Crippen molar-refractivity contribution in [2.75, 3.05) is 0 Å². The number of benzene rings is 3. The number of halogens is 2. The maximum Gasteiger partial charge on any atom is 0.340 e. The molecule has 0 atom stereocenters. The highest BCUT2D eigenvalue weighted by Gasteiger charge is 2.53. The van der Waals surface area contributed by atoms with Crippen molar-refractivity contribution < 1.29 is 29.6 Å². The Balaban J connectivity index is 2.29. The van der Waals surface area contributed by atoms with Gasteiger partial charge in [0.05, 0.1) is 11.1 Å². The molecule has 3 aromatic rings.